The van der Waals surface area contributed by atoms with Crippen LogP contribution in [0.1, 0.15) is 11.1 Å². The van der Waals surface area contributed by atoms with Crippen molar-refractivity contribution in [2.75, 3.05) is 0 Å². The van der Waals surface area contributed by atoms with E-state index in [0.29, 0.717) is 11.5 Å². The Kier molecular flexibility index (Phi) is 4.86. The average molecular weight is 405 g/mol. The molecule has 2 heterocycles. The molecule has 6 heteroatoms. The summed E-state index contributed by atoms with van der Waals surface area (Å²) >= 11 is 0. The van der Waals surface area contributed by atoms with E-state index >= 15 is 0 Å². The van der Waals surface area contributed by atoms with Crippen LogP contribution in [0.4, 0.5) is 0 Å². The number of aliphatic imine (C=N–C) groups is 1. The molecule has 0 radical (unpaired) electrons. The van der Waals surface area contributed by atoms with Gasteiger partial charge in [0.25, 0.3) is 5.91 Å². The summed E-state index contributed by atoms with van der Waals surface area (Å²) in [5.41, 5.74) is 10.2. The van der Waals surface area contributed by atoms with Crippen LogP contribution in [0.25, 0.3) is 23.0 Å². The standard InChI is InChI=1S/C25H19N5O/c31-25-22(26-24(27-28-25)19-12-6-2-7-13-19)16-20-17-30(21-14-8-3-9-15-21)29-23(20)18-10-4-1-5-11-18/h1-17H,(H,26,27)(H,28,31)/b22-16+. The van der Waals surface area contributed by atoms with Crippen molar-refractivity contribution in [2.24, 2.45) is 4.99 Å². The number of carbonyl (C=O) groups is 1. The van der Waals surface area contributed by atoms with E-state index in [2.05, 4.69) is 15.8 Å². The van der Waals surface area contributed by atoms with E-state index in [1.807, 2.05) is 102 Å². The number of hydrogen-bond donors (Lipinski definition) is 2. The lowest BCUT2D eigenvalue weighted by Crippen LogP contribution is -2.46. The monoisotopic (exact) mass is 405 g/mol. The molecule has 150 valence electrons. The number of rotatable bonds is 4. The first-order chi connectivity index (χ1) is 15.3. The van der Waals surface area contributed by atoms with Crippen molar-refractivity contribution in [3.8, 4) is 16.9 Å². The van der Waals surface area contributed by atoms with Crippen molar-refractivity contribution in [2.45, 2.75) is 0 Å². The number of aromatic nitrogens is 2. The highest BCUT2D eigenvalue weighted by Gasteiger charge is 2.19. The zero-order valence-corrected chi connectivity index (χ0v) is 16.6. The first kappa shape index (κ1) is 18.6. The van der Waals surface area contributed by atoms with Gasteiger partial charge in [0.15, 0.2) is 5.84 Å². The highest BCUT2D eigenvalue weighted by Crippen LogP contribution is 2.26. The number of hydrazine groups is 1. The van der Waals surface area contributed by atoms with E-state index in [9.17, 15) is 4.79 Å². The van der Waals surface area contributed by atoms with Crippen LogP contribution in [0, 0.1) is 0 Å². The third-order valence-electron chi connectivity index (χ3n) is 4.91. The van der Waals surface area contributed by atoms with Gasteiger partial charge in [-0.25, -0.2) is 9.67 Å². The summed E-state index contributed by atoms with van der Waals surface area (Å²) in [7, 11) is 0. The Balaban J connectivity index is 1.62. The molecule has 0 saturated heterocycles. The quantitative estimate of drug-likeness (QED) is 0.505. The van der Waals surface area contributed by atoms with Crippen LogP contribution in [0.5, 0.6) is 0 Å². The smallest absolute Gasteiger partial charge is 0.281 e. The molecular weight excluding hydrogens is 386 g/mol. The second kappa shape index (κ2) is 8.12. The Morgan fingerprint density at radius 1 is 0.742 bits per heavy atom. The molecule has 0 spiro atoms. The lowest BCUT2D eigenvalue weighted by atomic mass is 10.1. The molecule has 3 aromatic carbocycles. The fourth-order valence-electron chi connectivity index (χ4n) is 3.38. The Morgan fingerprint density at radius 3 is 2.03 bits per heavy atom. The van der Waals surface area contributed by atoms with Gasteiger partial charge in [-0.05, 0) is 18.2 Å². The molecule has 0 bridgehead atoms. The van der Waals surface area contributed by atoms with Gasteiger partial charge in [-0.1, -0.05) is 78.9 Å². The van der Waals surface area contributed by atoms with Crippen molar-refractivity contribution in [1.82, 2.24) is 20.6 Å². The molecule has 1 aliphatic rings. The zero-order chi connectivity index (χ0) is 21.0. The number of carbonyl (C=O) groups excluding carboxylic acids is 1. The summed E-state index contributed by atoms with van der Waals surface area (Å²) in [6, 6.07) is 29.4. The van der Waals surface area contributed by atoms with Crippen molar-refractivity contribution in [3.05, 3.63) is 114 Å². The number of amides is 1. The second-order valence-electron chi connectivity index (χ2n) is 7.01. The summed E-state index contributed by atoms with van der Waals surface area (Å²) in [4.78, 5) is 17.1. The van der Waals surface area contributed by atoms with Crippen LogP contribution in [-0.4, -0.2) is 21.5 Å². The minimum atomic E-state index is -0.300. The molecule has 31 heavy (non-hydrogen) atoms. The van der Waals surface area contributed by atoms with Gasteiger partial charge in [0, 0.05) is 22.9 Å². The number of nitrogens with one attached hydrogen (secondary N) is 2. The molecule has 5 rings (SSSR count). The molecule has 0 fully saturated rings. The minimum Gasteiger partial charge on any atom is -0.281 e. The predicted octanol–water partition coefficient (Wildman–Crippen LogP) is 3.96. The third-order valence-corrected chi connectivity index (χ3v) is 4.91. The summed E-state index contributed by atoms with van der Waals surface area (Å²) in [5, 5.41) is 4.79. The van der Waals surface area contributed by atoms with Gasteiger partial charge in [-0.2, -0.15) is 5.10 Å². The van der Waals surface area contributed by atoms with Gasteiger partial charge in [0.1, 0.15) is 11.4 Å². The van der Waals surface area contributed by atoms with Crippen molar-refractivity contribution in [3.63, 3.8) is 0 Å². The maximum Gasteiger partial charge on any atom is 0.288 e. The van der Waals surface area contributed by atoms with Gasteiger partial charge in [-0.3, -0.25) is 15.6 Å². The number of amidine groups is 1. The molecule has 0 saturated carbocycles. The molecular formula is C25H19N5O. The third kappa shape index (κ3) is 3.86. The fraction of sp³-hybridized carbons (Fsp3) is 0. The first-order valence-corrected chi connectivity index (χ1v) is 9.90. The molecule has 2 N–H and O–H groups in total. The average Bonchev–Trinajstić information content (AvgIpc) is 3.26. The zero-order valence-electron chi connectivity index (χ0n) is 16.6. The SMILES string of the molecule is O=C1NNC(c2ccccc2)=N/C1=C/c1cn(-c2ccccc2)nc1-c1ccccc1. The Labute approximate surface area is 179 Å². The molecule has 1 aliphatic heterocycles. The lowest BCUT2D eigenvalue weighted by molar-refractivity contribution is -0.118. The Hall–Kier alpha value is -4.45. The minimum absolute atomic E-state index is 0.300. The lowest BCUT2D eigenvalue weighted by Gasteiger charge is -2.17. The highest BCUT2D eigenvalue weighted by molar-refractivity contribution is 6.09. The largest absolute Gasteiger partial charge is 0.288 e. The molecule has 0 aliphatic carbocycles. The maximum absolute atomic E-state index is 12.5. The Morgan fingerprint density at radius 2 is 1.35 bits per heavy atom. The number of nitrogens with zero attached hydrogens (tertiary/aromatic N) is 3. The van der Waals surface area contributed by atoms with E-state index < -0.39 is 0 Å². The van der Waals surface area contributed by atoms with Crippen LogP contribution < -0.4 is 10.9 Å². The van der Waals surface area contributed by atoms with Crippen LogP contribution in [0.15, 0.2) is 108 Å². The van der Waals surface area contributed by atoms with E-state index in [4.69, 9.17) is 5.10 Å². The molecule has 1 aromatic heterocycles. The maximum atomic E-state index is 12.5. The van der Waals surface area contributed by atoms with Crippen LogP contribution in [0.2, 0.25) is 0 Å². The molecule has 1 amide bonds. The number of benzene rings is 3. The topological polar surface area (TPSA) is 71.3 Å². The van der Waals surface area contributed by atoms with Crippen LogP contribution in [0.3, 0.4) is 0 Å². The summed E-state index contributed by atoms with van der Waals surface area (Å²) < 4.78 is 1.82. The van der Waals surface area contributed by atoms with E-state index in [1.165, 1.54) is 0 Å². The van der Waals surface area contributed by atoms with Gasteiger partial charge in [-0.15, -0.1) is 0 Å². The normalized spacial score (nSPS) is 14.6. The molecule has 6 nitrogen and oxygen atoms in total. The van der Waals surface area contributed by atoms with Crippen LogP contribution in [-0.2, 0) is 4.79 Å². The summed E-state index contributed by atoms with van der Waals surface area (Å²) in [6.45, 7) is 0. The van der Waals surface area contributed by atoms with E-state index in [-0.39, 0.29) is 5.91 Å². The van der Waals surface area contributed by atoms with E-state index in [0.717, 1.165) is 28.1 Å². The van der Waals surface area contributed by atoms with E-state index in [1.54, 1.807) is 6.08 Å². The summed E-state index contributed by atoms with van der Waals surface area (Å²) in [6.07, 6.45) is 3.69. The number of hydrogen-bond acceptors (Lipinski definition) is 4. The van der Waals surface area contributed by atoms with Gasteiger partial charge in [0.05, 0.1) is 5.69 Å². The molecule has 0 atom stereocenters. The van der Waals surface area contributed by atoms with Gasteiger partial charge >= 0.3 is 0 Å². The summed E-state index contributed by atoms with van der Waals surface area (Å²) in [5.74, 6) is 0.286. The fourth-order valence-corrected chi connectivity index (χ4v) is 3.38. The highest BCUT2D eigenvalue weighted by atomic mass is 16.2. The van der Waals surface area contributed by atoms with Gasteiger partial charge < -0.3 is 0 Å². The van der Waals surface area contributed by atoms with Crippen molar-refractivity contribution in [1.29, 1.82) is 0 Å². The van der Waals surface area contributed by atoms with Gasteiger partial charge in [0.2, 0.25) is 0 Å². The van der Waals surface area contributed by atoms with Crippen molar-refractivity contribution >= 4 is 17.8 Å². The predicted molar refractivity (Wildman–Crippen MR) is 121 cm³/mol. The Bertz CT molecular complexity index is 1280. The van der Waals surface area contributed by atoms with Crippen molar-refractivity contribution < 1.29 is 4.79 Å². The molecule has 0 unspecified atom stereocenters. The second-order valence-corrected chi connectivity index (χ2v) is 7.01. The first-order valence-electron chi connectivity index (χ1n) is 9.90. The van der Waals surface area contributed by atoms with Crippen LogP contribution >= 0.6 is 0 Å². The molecule has 4 aromatic rings. The number of para-hydroxylation sites is 1.